The van der Waals surface area contributed by atoms with Crippen molar-refractivity contribution < 1.29 is 14.6 Å². The van der Waals surface area contributed by atoms with E-state index in [1.807, 2.05) is 11.5 Å². The monoisotopic (exact) mass is 289 g/mol. The van der Waals surface area contributed by atoms with Gasteiger partial charge in [0.2, 0.25) is 0 Å². The lowest BCUT2D eigenvalue weighted by Crippen LogP contribution is -2.38. The van der Waals surface area contributed by atoms with Crippen LogP contribution in [0.4, 0.5) is 5.69 Å². The Kier molecular flexibility index (Phi) is 3.06. The normalized spacial score (nSPS) is 13.2. The summed E-state index contributed by atoms with van der Waals surface area (Å²) in [5, 5.41) is 23.7. The Labute approximate surface area is 119 Å². The molecule has 6 nitrogen and oxygen atoms in total. The highest BCUT2D eigenvalue weighted by atomic mass is 32.2. The summed E-state index contributed by atoms with van der Waals surface area (Å²) < 4.78 is 1.92. The molecule has 1 aromatic heterocycles. The second-order valence-electron chi connectivity index (χ2n) is 4.45. The molecule has 0 atom stereocenters. The van der Waals surface area contributed by atoms with E-state index in [0.717, 1.165) is 18.1 Å². The van der Waals surface area contributed by atoms with E-state index >= 15 is 0 Å². The van der Waals surface area contributed by atoms with Gasteiger partial charge >= 0.3 is 0 Å². The van der Waals surface area contributed by atoms with Crippen LogP contribution in [0.3, 0.4) is 0 Å². The molecule has 0 fully saturated rings. The van der Waals surface area contributed by atoms with Crippen molar-refractivity contribution in [2.24, 2.45) is 0 Å². The molecule has 0 aliphatic carbocycles. The summed E-state index contributed by atoms with van der Waals surface area (Å²) in [6.45, 7) is 2.67. The van der Waals surface area contributed by atoms with E-state index in [0.29, 0.717) is 16.3 Å². The van der Waals surface area contributed by atoms with E-state index in [9.17, 15) is 15.2 Å². The number of thioether (sulfide) groups is 1. The second kappa shape index (κ2) is 4.75. The molecule has 1 aliphatic heterocycles. The Morgan fingerprint density at radius 2 is 2.05 bits per heavy atom. The molecule has 0 radical (unpaired) electrons. The molecule has 1 aromatic carbocycles. The number of nitrogens with zero attached hydrogens (tertiary/aromatic N) is 3. The number of rotatable bonds is 2. The van der Waals surface area contributed by atoms with Gasteiger partial charge < -0.3 is 5.11 Å². The van der Waals surface area contributed by atoms with Gasteiger partial charge in [0.15, 0.2) is 10.7 Å². The fraction of sp³-hybridized carbons (Fsp3) is 0.231. The summed E-state index contributed by atoms with van der Waals surface area (Å²) in [4.78, 5) is 14.5. The number of aromatic nitrogens is 2. The third-order valence-electron chi connectivity index (χ3n) is 3.22. The third kappa shape index (κ3) is 2.00. The van der Waals surface area contributed by atoms with Crippen molar-refractivity contribution in [2.45, 2.75) is 18.5 Å². The maximum atomic E-state index is 12.4. The lowest BCUT2D eigenvalue weighted by molar-refractivity contribution is -0.734. The molecule has 0 spiro atoms. The fourth-order valence-corrected chi connectivity index (χ4v) is 3.30. The third-order valence-corrected chi connectivity index (χ3v) is 4.29. The van der Waals surface area contributed by atoms with E-state index in [2.05, 4.69) is 4.98 Å². The Morgan fingerprint density at radius 1 is 1.35 bits per heavy atom. The summed E-state index contributed by atoms with van der Waals surface area (Å²) in [5.41, 5.74) is 0.973. The molecule has 0 N–H and O–H groups in total. The number of nitro groups is 1. The first-order valence-corrected chi connectivity index (χ1v) is 7.05. The van der Waals surface area contributed by atoms with E-state index < -0.39 is 4.92 Å². The van der Waals surface area contributed by atoms with E-state index in [1.54, 1.807) is 12.1 Å². The quantitative estimate of drug-likeness (QED) is 0.361. The number of nitro benzene ring substituents is 1. The van der Waals surface area contributed by atoms with Crippen molar-refractivity contribution in [1.29, 1.82) is 0 Å². The molecule has 7 heteroatoms. The zero-order valence-electron chi connectivity index (χ0n) is 10.7. The molecule has 1 aliphatic rings. The average Bonchev–Trinajstić information content (AvgIpc) is 2.93. The van der Waals surface area contributed by atoms with Crippen LogP contribution in [0.2, 0.25) is 0 Å². The van der Waals surface area contributed by atoms with E-state index in [4.69, 9.17) is 0 Å². The van der Waals surface area contributed by atoms with Crippen LogP contribution < -0.4 is 9.67 Å². The molecule has 2 heterocycles. The topological polar surface area (TPSA) is 83.0 Å². The summed E-state index contributed by atoms with van der Waals surface area (Å²) in [5.74, 6) is 1.56. The summed E-state index contributed by atoms with van der Waals surface area (Å²) in [6, 6.07) is 5.91. The predicted octanol–water partition coefficient (Wildman–Crippen LogP) is 1.43. The summed E-state index contributed by atoms with van der Waals surface area (Å²) in [6.07, 6.45) is 0. The van der Waals surface area contributed by atoms with Gasteiger partial charge in [-0.3, -0.25) is 10.1 Å². The lowest BCUT2D eigenvalue weighted by Gasteiger charge is -2.12. The molecule has 0 amide bonds. The van der Waals surface area contributed by atoms with Crippen LogP contribution in [0.5, 0.6) is 5.75 Å². The minimum atomic E-state index is -0.463. The van der Waals surface area contributed by atoms with Crippen LogP contribution >= 0.6 is 11.8 Å². The van der Waals surface area contributed by atoms with Gasteiger partial charge in [-0.2, -0.15) is 0 Å². The van der Waals surface area contributed by atoms with Gasteiger partial charge in [0.05, 0.1) is 4.92 Å². The standard InChI is InChI=1S/C13H11N3O3S/c1-8-14-11(12(17)13-15(8)6-7-20-13)9-2-4-10(5-3-9)16(18)19/h2-5H,6-7H2,1H3. The van der Waals surface area contributed by atoms with Crippen LogP contribution in [-0.2, 0) is 6.54 Å². The highest BCUT2D eigenvalue weighted by Crippen LogP contribution is 2.34. The first-order chi connectivity index (χ1) is 9.58. The van der Waals surface area contributed by atoms with Gasteiger partial charge in [-0.15, -0.1) is 0 Å². The van der Waals surface area contributed by atoms with E-state index in [-0.39, 0.29) is 11.4 Å². The van der Waals surface area contributed by atoms with Gasteiger partial charge in [-0.1, -0.05) is 11.8 Å². The summed E-state index contributed by atoms with van der Waals surface area (Å²) in [7, 11) is 0. The molecular formula is C13H11N3O3S. The highest BCUT2D eigenvalue weighted by Gasteiger charge is 2.25. The highest BCUT2D eigenvalue weighted by molar-refractivity contribution is 7.99. The van der Waals surface area contributed by atoms with Crippen LogP contribution in [-0.4, -0.2) is 15.7 Å². The Hall–Kier alpha value is -2.15. The van der Waals surface area contributed by atoms with Crippen molar-refractivity contribution in [1.82, 2.24) is 4.98 Å². The Balaban J connectivity index is 2.11. The van der Waals surface area contributed by atoms with E-state index in [1.165, 1.54) is 23.9 Å². The minimum Gasteiger partial charge on any atom is -0.866 e. The Bertz CT molecular complexity index is 701. The first-order valence-electron chi connectivity index (χ1n) is 6.07. The van der Waals surface area contributed by atoms with Crippen LogP contribution in [0, 0.1) is 17.0 Å². The van der Waals surface area contributed by atoms with Crippen LogP contribution in [0.15, 0.2) is 29.3 Å². The van der Waals surface area contributed by atoms with Crippen LogP contribution in [0.1, 0.15) is 5.82 Å². The number of aryl methyl sites for hydroxylation is 1. The van der Waals surface area contributed by atoms with Crippen LogP contribution in [0.25, 0.3) is 11.3 Å². The SMILES string of the molecule is Cc1nc(-c2ccc([N+](=O)[O-])cc2)c([O-])c2[n+]1CCS2. The molecule has 20 heavy (non-hydrogen) atoms. The fourth-order valence-electron chi connectivity index (χ4n) is 2.22. The number of fused-ring (bicyclic) bond motifs is 1. The molecule has 0 bridgehead atoms. The van der Waals surface area contributed by atoms with Crippen molar-refractivity contribution in [3.63, 3.8) is 0 Å². The maximum absolute atomic E-state index is 12.4. The largest absolute Gasteiger partial charge is 0.866 e. The minimum absolute atomic E-state index is 0.00262. The Morgan fingerprint density at radius 3 is 2.70 bits per heavy atom. The smallest absolute Gasteiger partial charge is 0.296 e. The van der Waals surface area contributed by atoms with Crippen molar-refractivity contribution in [3.8, 4) is 17.0 Å². The number of hydrogen-bond donors (Lipinski definition) is 0. The van der Waals surface area contributed by atoms with Crippen molar-refractivity contribution in [2.75, 3.05) is 5.75 Å². The molecular weight excluding hydrogens is 278 g/mol. The molecule has 0 saturated carbocycles. The number of non-ortho nitro benzene ring substituents is 1. The van der Waals surface area contributed by atoms with Crippen molar-refractivity contribution >= 4 is 17.4 Å². The molecule has 0 saturated heterocycles. The predicted molar refractivity (Wildman–Crippen MR) is 71.4 cm³/mol. The molecule has 2 aromatic rings. The zero-order chi connectivity index (χ0) is 14.3. The van der Waals surface area contributed by atoms with Gasteiger partial charge in [0, 0.05) is 36.1 Å². The van der Waals surface area contributed by atoms with Gasteiger partial charge in [-0.05, 0) is 17.1 Å². The van der Waals surface area contributed by atoms with Gasteiger partial charge in [-0.25, -0.2) is 4.57 Å². The summed E-state index contributed by atoms with van der Waals surface area (Å²) >= 11 is 1.53. The lowest BCUT2D eigenvalue weighted by atomic mass is 10.1. The maximum Gasteiger partial charge on any atom is 0.296 e. The average molecular weight is 289 g/mol. The molecule has 102 valence electrons. The molecule has 3 rings (SSSR count). The first kappa shape index (κ1) is 12.9. The zero-order valence-corrected chi connectivity index (χ0v) is 11.5. The second-order valence-corrected chi connectivity index (χ2v) is 5.53. The number of hydrogen-bond acceptors (Lipinski definition) is 5. The van der Waals surface area contributed by atoms with Crippen molar-refractivity contribution in [3.05, 3.63) is 40.2 Å². The molecule has 0 unspecified atom stereocenters. The number of benzene rings is 1. The van der Waals surface area contributed by atoms with Gasteiger partial charge in [0.25, 0.3) is 11.5 Å². The van der Waals surface area contributed by atoms with Gasteiger partial charge in [0.1, 0.15) is 6.54 Å².